The fraction of sp³-hybridized carbons (Fsp3) is 0.188. The molecule has 122 valence electrons. The van der Waals surface area contributed by atoms with Crippen LogP contribution in [0.4, 0.5) is 5.69 Å². The number of hydrogen-bond acceptors (Lipinski definition) is 6. The van der Waals surface area contributed by atoms with E-state index in [0.29, 0.717) is 30.2 Å². The molecule has 0 saturated heterocycles. The van der Waals surface area contributed by atoms with Gasteiger partial charge in [-0.15, -0.1) is 0 Å². The lowest BCUT2D eigenvalue weighted by Gasteiger charge is -2.11. The average molecular weight is 326 g/mol. The minimum absolute atomic E-state index is 0.0278. The van der Waals surface area contributed by atoms with Crippen molar-refractivity contribution < 1.29 is 19.1 Å². The summed E-state index contributed by atoms with van der Waals surface area (Å²) in [4.78, 5) is 24.2. The summed E-state index contributed by atoms with van der Waals surface area (Å²) in [5, 5.41) is 11.9. The predicted octanol–water partition coefficient (Wildman–Crippen LogP) is 0.840. The van der Waals surface area contributed by atoms with Crippen molar-refractivity contribution in [2.75, 3.05) is 26.0 Å². The number of hydrogen-bond donors (Lipinski definition) is 2. The van der Waals surface area contributed by atoms with E-state index in [1.165, 1.54) is 17.9 Å². The van der Waals surface area contributed by atoms with E-state index in [1.807, 2.05) is 6.07 Å². The Labute approximate surface area is 137 Å². The SMILES string of the molecule is COC(=O)c1c(N)c(C#N)cn1-c1ccc2c(c1)C(=O)NCCO2. The van der Waals surface area contributed by atoms with Crippen LogP contribution in [0.2, 0.25) is 0 Å². The number of ether oxygens (including phenoxy) is 2. The molecule has 8 nitrogen and oxygen atoms in total. The summed E-state index contributed by atoms with van der Waals surface area (Å²) in [5.74, 6) is -0.497. The maximum atomic E-state index is 12.1. The number of nitriles is 1. The van der Waals surface area contributed by atoms with Gasteiger partial charge in [0.25, 0.3) is 5.91 Å². The van der Waals surface area contributed by atoms with E-state index in [0.717, 1.165) is 0 Å². The van der Waals surface area contributed by atoms with E-state index >= 15 is 0 Å². The first-order valence-corrected chi connectivity index (χ1v) is 7.11. The molecule has 2 heterocycles. The molecule has 24 heavy (non-hydrogen) atoms. The van der Waals surface area contributed by atoms with Crippen LogP contribution in [0, 0.1) is 11.3 Å². The smallest absolute Gasteiger partial charge is 0.357 e. The molecule has 0 bridgehead atoms. The van der Waals surface area contributed by atoms with E-state index in [1.54, 1.807) is 18.2 Å². The van der Waals surface area contributed by atoms with Gasteiger partial charge in [-0.1, -0.05) is 0 Å². The van der Waals surface area contributed by atoms with Crippen molar-refractivity contribution in [2.45, 2.75) is 0 Å². The topological polar surface area (TPSA) is 119 Å². The number of nitrogens with zero attached hydrogens (tertiary/aromatic N) is 2. The van der Waals surface area contributed by atoms with Crippen molar-refractivity contribution in [2.24, 2.45) is 0 Å². The fourth-order valence-electron chi connectivity index (χ4n) is 2.51. The van der Waals surface area contributed by atoms with Crippen LogP contribution in [0.25, 0.3) is 5.69 Å². The molecule has 0 atom stereocenters. The van der Waals surface area contributed by atoms with Crippen LogP contribution < -0.4 is 15.8 Å². The summed E-state index contributed by atoms with van der Waals surface area (Å²) in [7, 11) is 1.23. The Balaban J connectivity index is 2.18. The summed E-state index contributed by atoms with van der Waals surface area (Å²) < 4.78 is 11.7. The third-order valence-corrected chi connectivity index (χ3v) is 3.67. The first-order chi connectivity index (χ1) is 11.6. The quantitative estimate of drug-likeness (QED) is 0.789. The summed E-state index contributed by atoms with van der Waals surface area (Å²) in [6, 6.07) is 6.81. The van der Waals surface area contributed by atoms with E-state index < -0.39 is 5.97 Å². The van der Waals surface area contributed by atoms with Crippen LogP contribution in [0.5, 0.6) is 5.75 Å². The molecule has 0 aliphatic carbocycles. The van der Waals surface area contributed by atoms with Crippen LogP contribution >= 0.6 is 0 Å². The summed E-state index contributed by atoms with van der Waals surface area (Å²) in [6.07, 6.45) is 1.43. The fourth-order valence-corrected chi connectivity index (χ4v) is 2.51. The number of esters is 1. The Bertz CT molecular complexity index is 879. The van der Waals surface area contributed by atoms with Crippen molar-refractivity contribution in [1.82, 2.24) is 9.88 Å². The molecular weight excluding hydrogens is 312 g/mol. The Hall–Kier alpha value is -3.47. The number of methoxy groups -OCH3 is 1. The minimum Gasteiger partial charge on any atom is -0.491 e. The zero-order valence-electron chi connectivity index (χ0n) is 12.8. The van der Waals surface area contributed by atoms with Gasteiger partial charge in [0.1, 0.15) is 18.4 Å². The molecule has 0 spiro atoms. The van der Waals surface area contributed by atoms with Crippen LogP contribution in [0.3, 0.4) is 0 Å². The number of amides is 1. The second kappa shape index (κ2) is 5.96. The molecule has 0 saturated carbocycles. The molecule has 3 rings (SSSR count). The lowest BCUT2D eigenvalue weighted by Crippen LogP contribution is -2.24. The zero-order chi connectivity index (χ0) is 17.3. The Kier molecular flexibility index (Phi) is 3.83. The number of nitrogen functional groups attached to an aromatic ring is 1. The molecule has 1 aliphatic rings. The third-order valence-electron chi connectivity index (χ3n) is 3.67. The molecule has 1 aromatic heterocycles. The number of fused-ring (bicyclic) bond motifs is 1. The highest BCUT2D eigenvalue weighted by Gasteiger charge is 2.23. The standard InChI is InChI=1S/C16H14N4O4/c1-23-16(22)14-13(18)9(7-17)8-20(14)10-2-3-12-11(6-10)15(21)19-4-5-24-12/h2-3,6,8H,4-5,18H2,1H3,(H,19,21). The maximum Gasteiger partial charge on any atom is 0.357 e. The number of carbonyl (C=O) groups is 2. The molecule has 0 radical (unpaired) electrons. The number of anilines is 1. The van der Waals surface area contributed by atoms with Gasteiger partial charge in [0, 0.05) is 11.9 Å². The maximum absolute atomic E-state index is 12.1. The van der Waals surface area contributed by atoms with Crippen LogP contribution in [-0.2, 0) is 4.74 Å². The highest BCUT2D eigenvalue weighted by molar-refractivity contribution is 5.99. The van der Waals surface area contributed by atoms with E-state index in [-0.39, 0.29) is 22.9 Å². The van der Waals surface area contributed by atoms with Crippen molar-refractivity contribution in [3.8, 4) is 17.5 Å². The number of nitrogens with one attached hydrogen (secondary N) is 1. The molecule has 1 amide bonds. The number of nitrogens with two attached hydrogens (primary N) is 1. The van der Waals surface area contributed by atoms with Gasteiger partial charge in [-0.2, -0.15) is 5.26 Å². The largest absolute Gasteiger partial charge is 0.491 e. The number of benzene rings is 1. The second-order valence-corrected chi connectivity index (χ2v) is 5.06. The van der Waals surface area contributed by atoms with Crippen molar-refractivity contribution in [1.29, 1.82) is 5.26 Å². The summed E-state index contributed by atoms with van der Waals surface area (Å²) in [5.41, 5.74) is 6.90. The van der Waals surface area contributed by atoms with Gasteiger partial charge in [-0.05, 0) is 18.2 Å². The van der Waals surface area contributed by atoms with Gasteiger partial charge in [-0.25, -0.2) is 4.79 Å². The summed E-state index contributed by atoms with van der Waals surface area (Å²) in [6.45, 7) is 0.784. The van der Waals surface area contributed by atoms with Gasteiger partial charge < -0.3 is 25.1 Å². The molecule has 0 fully saturated rings. The minimum atomic E-state index is -0.676. The molecule has 1 aromatic carbocycles. The Morgan fingerprint density at radius 3 is 3.00 bits per heavy atom. The van der Waals surface area contributed by atoms with E-state index in [4.69, 9.17) is 20.5 Å². The molecule has 2 aromatic rings. The van der Waals surface area contributed by atoms with E-state index in [2.05, 4.69) is 5.32 Å². The molecule has 0 unspecified atom stereocenters. The lowest BCUT2D eigenvalue weighted by atomic mass is 10.1. The van der Waals surface area contributed by atoms with Crippen LogP contribution in [0.15, 0.2) is 24.4 Å². The molecule has 8 heteroatoms. The molecule has 3 N–H and O–H groups in total. The predicted molar refractivity (Wildman–Crippen MR) is 84.1 cm³/mol. The number of carbonyl (C=O) groups excluding carboxylic acids is 2. The molecular formula is C16H14N4O4. The van der Waals surface area contributed by atoms with Gasteiger partial charge in [0.05, 0.1) is 30.5 Å². The van der Waals surface area contributed by atoms with E-state index in [9.17, 15) is 9.59 Å². The van der Waals surface area contributed by atoms with Crippen molar-refractivity contribution >= 4 is 17.6 Å². The van der Waals surface area contributed by atoms with Gasteiger partial charge in [0.2, 0.25) is 0 Å². The second-order valence-electron chi connectivity index (χ2n) is 5.06. The van der Waals surface area contributed by atoms with Crippen molar-refractivity contribution in [3.05, 3.63) is 41.2 Å². The third kappa shape index (κ3) is 2.42. The lowest BCUT2D eigenvalue weighted by molar-refractivity contribution is 0.0593. The van der Waals surface area contributed by atoms with Gasteiger partial charge in [-0.3, -0.25) is 4.79 Å². The monoisotopic (exact) mass is 326 g/mol. The van der Waals surface area contributed by atoms with Crippen LogP contribution in [-0.4, -0.2) is 36.7 Å². The summed E-state index contributed by atoms with van der Waals surface area (Å²) >= 11 is 0. The highest BCUT2D eigenvalue weighted by Crippen LogP contribution is 2.28. The highest BCUT2D eigenvalue weighted by atomic mass is 16.5. The number of rotatable bonds is 2. The first-order valence-electron chi connectivity index (χ1n) is 7.11. The Morgan fingerprint density at radius 2 is 2.29 bits per heavy atom. The first kappa shape index (κ1) is 15.4. The van der Waals surface area contributed by atoms with Crippen LogP contribution in [0.1, 0.15) is 26.4 Å². The van der Waals surface area contributed by atoms with Crippen molar-refractivity contribution in [3.63, 3.8) is 0 Å². The normalized spacial score (nSPS) is 13.1. The van der Waals surface area contributed by atoms with Gasteiger partial charge in [0.15, 0.2) is 5.69 Å². The average Bonchev–Trinajstić information content (AvgIpc) is 2.82. The Morgan fingerprint density at radius 1 is 1.50 bits per heavy atom. The molecule has 1 aliphatic heterocycles. The number of aromatic nitrogens is 1. The van der Waals surface area contributed by atoms with Gasteiger partial charge >= 0.3 is 5.97 Å². The zero-order valence-corrected chi connectivity index (χ0v) is 12.8.